The first-order chi connectivity index (χ1) is 12.8. The zero-order chi connectivity index (χ0) is 20.0. The van der Waals surface area contributed by atoms with Crippen LogP contribution in [0.2, 0.25) is 10.0 Å². The Morgan fingerprint density at radius 1 is 0.926 bits per heavy atom. The molecule has 0 aliphatic heterocycles. The normalized spacial score (nSPS) is 11.7. The van der Waals surface area contributed by atoms with Crippen molar-refractivity contribution in [3.05, 3.63) is 57.6 Å². The lowest BCUT2D eigenvalue weighted by Gasteiger charge is -2.16. The van der Waals surface area contributed by atoms with Crippen LogP contribution in [0.5, 0.6) is 0 Å². The number of carbonyl (C=O) groups excluding carboxylic acids is 2. The fourth-order valence-electron chi connectivity index (χ4n) is 2.80. The number of halogens is 2. The Kier molecular flexibility index (Phi) is 7.66. The summed E-state index contributed by atoms with van der Waals surface area (Å²) >= 11 is 12.1. The van der Waals surface area contributed by atoms with Crippen LogP contribution in [-0.4, -0.2) is 32.0 Å². The van der Waals surface area contributed by atoms with Crippen LogP contribution in [-0.2, 0) is 16.0 Å². The number of para-hydroxylation sites is 2. The molecule has 0 bridgehead atoms. The number of carbonyl (C=O) groups is 2. The van der Waals surface area contributed by atoms with E-state index in [2.05, 4.69) is 10.6 Å². The average molecular weight is 409 g/mol. The summed E-state index contributed by atoms with van der Waals surface area (Å²) < 4.78 is 0. The van der Waals surface area contributed by atoms with E-state index in [9.17, 15) is 9.59 Å². The number of hydrogen-bond donors (Lipinski definition) is 3. The van der Waals surface area contributed by atoms with Crippen LogP contribution >= 0.6 is 23.2 Å². The molecule has 2 rings (SSSR count). The second kappa shape index (κ2) is 9.74. The average Bonchev–Trinajstić information content (AvgIpc) is 2.59. The van der Waals surface area contributed by atoms with Crippen LogP contribution in [0, 0.1) is 6.92 Å². The highest BCUT2D eigenvalue weighted by Crippen LogP contribution is 2.29. The van der Waals surface area contributed by atoms with Gasteiger partial charge in [0.05, 0.1) is 22.8 Å². The first-order valence-corrected chi connectivity index (χ1v) is 9.51. The van der Waals surface area contributed by atoms with Crippen molar-refractivity contribution in [2.45, 2.75) is 20.3 Å². The summed E-state index contributed by atoms with van der Waals surface area (Å²) in [5, 5.41) is 6.42. The van der Waals surface area contributed by atoms with Crippen molar-refractivity contribution in [2.24, 2.45) is 0 Å². The van der Waals surface area contributed by atoms with Crippen LogP contribution in [0.4, 0.5) is 11.4 Å². The van der Waals surface area contributed by atoms with Gasteiger partial charge in [-0.05, 0) is 36.6 Å². The van der Waals surface area contributed by atoms with Crippen LogP contribution in [0.1, 0.15) is 18.1 Å². The SMILES string of the molecule is CCc1cccc(C)c1NC(=O)C[NH+](C)CC(=O)Nc1c(Cl)cccc1Cl. The third kappa shape index (κ3) is 5.96. The largest absolute Gasteiger partial charge is 0.322 e. The molecule has 0 saturated heterocycles. The van der Waals surface area contributed by atoms with Gasteiger partial charge in [0.1, 0.15) is 0 Å². The van der Waals surface area contributed by atoms with Gasteiger partial charge in [-0.1, -0.05) is 54.4 Å². The molecule has 7 heteroatoms. The Labute approximate surface area is 169 Å². The Morgan fingerprint density at radius 3 is 2.00 bits per heavy atom. The van der Waals surface area contributed by atoms with E-state index >= 15 is 0 Å². The van der Waals surface area contributed by atoms with Gasteiger partial charge in [0.2, 0.25) is 0 Å². The number of anilines is 2. The number of nitrogens with one attached hydrogen (secondary N) is 3. The molecule has 0 heterocycles. The molecule has 0 aromatic heterocycles. The molecule has 0 aliphatic carbocycles. The van der Waals surface area contributed by atoms with Gasteiger partial charge in [-0.3, -0.25) is 9.59 Å². The molecule has 0 aliphatic rings. The molecule has 5 nitrogen and oxygen atoms in total. The van der Waals surface area contributed by atoms with Crippen molar-refractivity contribution >= 4 is 46.4 Å². The molecule has 3 N–H and O–H groups in total. The van der Waals surface area contributed by atoms with Crippen LogP contribution in [0.25, 0.3) is 0 Å². The van der Waals surface area contributed by atoms with Gasteiger partial charge in [0.15, 0.2) is 13.1 Å². The summed E-state index contributed by atoms with van der Waals surface area (Å²) in [7, 11) is 1.78. The van der Waals surface area contributed by atoms with Gasteiger partial charge >= 0.3 is 0 Å². The van der Waals surface area contributed by atoms with Crippen LogP contribution < -0.4 is 15.5 Å². The van der Waals surface area contributed by atoms with Crippen LogP contribution in [0.15, 0.2) is 36.4 Å². The van der Waals surface area contributed by atoms with Crippen molar-refractivity contribution in [1.29, 1.82) is 0 Å². The van der Waals surface area contributed by atoms with Crippen molar-refractivity contribution in [1.82, 2.24) is 0 Å². The predicted octanol–water partition coefficient (Wildman–Crippen LogP) is 2.96. The van der Waals surface area contributed by atoms with E-state index in [-0.39, 0.29) is 24.9 Å². The smallest absolute Gasteiger partial charge is 0.279 e. The predicted molar refractivity (Wildman–Crippen MR) is 111 cm³/mol. The van der Waals surface area contributed by atoms with Crippen molar-refractivity contribution in [3.8, 4) is 0 Å². The van der Waals surface area contributed by atoms with Gasteiger partial charge in [-0.2, -0.15) is 0 Å². The Balaban J connectivity index is 1.92. The van der Waals surface area contributed by atoms with Crippen molar-refractivity contribution < 1.29 is 14.5 Å². The number of quaternary nitrogens is 1. The second-order valence-corrected chi connectivity index (χ2v) is 7.28. The number of amides is 2. The van der Waals surface area contributed by atoms with Gasteiger partial charge < -0.3 is 15.5 Å². The van der Waals surface area contributed by atoms with E-state index in [0.717, 1.165) is 28.1 Å². The van der Waals surface area contributed by atoms with Gasteiger partial charge in [-0.25, -0.2) is 0 Å². The number of hydrogen-bond acceptors (Lipinski definition) is 2. The maximum absolute atomic E-state index is 12.4. The number of aryl methyl sites for hydroxylation is 2. The maximum Gasteiger partial charge on any atom is 0.279 e. The summed E-state index contributed by atoms with van der Waals surface area (Å²) in [6, 6.07) is 11.0. The highest BCUT2D eigenvalue weighted by Gasteiger charge is 2.17. The molecule has 1 atom stereocenters. The topological polar surface area (TPSA) is 62.6 Å². The zero-order valence-electron chi connectivity index (χ0n) is 15.7. The van der Waals surface area contributed by atoms with Gasteiger partial charge in [0.25, 0.3) is 11.8 Å². The minimum absolute atomic E-state index is 0.114. The van der Waals surface area contributed by atoms with E-state index < -0.39 is 0 Å². The third-order valence-corrected chi connectivity index (χ3v) is 4.79. The molecular formula is C20H24Cl2N3O2+. The standard InChI is InChI=1S/C20H23Cl2N3O2/c1-4-14-8-5-7-13(2)19(14)23-17(26)11-25(3)12-18(27)24-20-15(21)9-6-10-16(20)22/h5-10H,4,11-12H2,1-3H3,(H,23,26)(H,24,27)/p+1. The summed E-state index contributed by atoms with van der Waals surface area (Å²) in [6.45, 7) is 4.29. The molecule has 2 aromatic rings. The molecule has 0 spiro atoms. The number of likely N-dealkylation sites (N-methyl/N-ethyl adjacent to an activating group) is 1. The molecular weight excluding hydrogens is 385 g/mol. The lowest BCUT2D eigenvalue weighted by Crippen LogP contribution is -3.11. The molecule has 0 radical (unpaired) electrons. The monoisotopic (exact) mass is 408 g/mol. The third-order valence-electron chi connectivity index (χ3n) is 4.16. The lowest BCUT2D eigenvalue weighted by atomic mass is 10.1. The minimum Gasteiger partial charge on any atom is -0.322 e. The van der Waals surface area contributed by atoms with E-state index in [0.29, 0.717) is 15.7 Å². The Hall–Kier alpha value is -2.08. The van der Waals surface area contributed by atoms with E-state index in [1.54, 1.807) is 25.2 Å². The first-order valence-electron chi connectivity index (χ1n) is 8.75. The summed E-state index contributed by atoms with van der Waals surface area (Å²) in [5.41, 5.74) is 3.35. The zero-order valence-corrected chi connectivity index (χ0v) is 17.2. The lowest BCUT2D eigenvalue weighted by molar-refractivity contribution is -0.862. The molecule has 144 valence electrons. The fourth-order valence-corrected chi connectivity index (χ4v) is 3.29. The fraction of sp³-hybridized carbons (Fsp3) is 0.300. The summed E-state index contributed by atoms with van der Waals surface area (Å²) in [6.07, 6.45) is 0.834. The molecule has 2 amide bonds. The van der Waals surface area contributed by atoms with Gasteiger partial charge in [0, 0.05) is 5.69 Å². The highest BCUT2D eigenvalue weighted by atomic mass is 35.5. The van der Waals surface area contributed by atoms with Gasteiger partial charge in [-0.15, -0.1) is 0 Å². The molecule has 2 aromatic carbocycles. The maximum atomic E-state index is 12.4. The first kappa shape index (κ1) is 21.2. The number of benzene rings is 2. The van der Waals surface area contributed by atoms with E-state index in [1.807, 2.05) is 32.0 Å². The Morgan fingerprint density at radius 2 is 1.44 bits per heavy atom. The molecule has 27 heavy (non-hydrogen) atoms. The summed E-state index contributed by atoms with van der Waals surface area (Å²) in [4.78, 5) is 25.4. The molecule has 0 fully saturated rings. The number of rotatable bonds is 7. The van der Waals surface area contributed by atoms with E-state index in [4.69, 9.17) is 23.2 Å². The van der Waals surface area contributed by atoms with Crippen LogP contribution in [0.3, 0.4) is 0 Å². The summed E-state index contributed by atoms with van der Waals surface area (Å²) in [5.74, 6) is -0.402. The quantitative estimate of drug-likeness (QED) is 0.659. The Bertz CT molecular complexity index is 820. The minimum atomic E-state index is -0.263. The molecule has 1 unspecified atom stereocenters. The second-order valence-electron chi connectivity index (χ2n) is 6.47. The van der Waals surface area contributed by atoms with E-state index in [1.165, 1.54) is 0 Å². The van der Waals surface area contributed by atoms with Crippen molar-refractivity contribution in [2.75, 3.05) is 30.8 Å². The molecule has 0 saturated carbocycles. The highest BCUT2D eigenvalue weighted by molar-refractivity contribution is 6.39. The van der Waals surface area contributed by atoms with Crippen molar-refractivity contribution in [3.63, 3.8) is 0 Å².